The van der Waals surface area contributed by atoms with Crippen molar-refractivity contribution in [1.29, 1.82) is 5.26 Å². The van der Waals surface area contributed by atoms with Crippen LogP contribution in [0.1, 0.15) is 27.9 Å². The Morgan fingerprint density at radius 1 is 0.899 bits per heavy atom. The van der Waals surface area contributed by atoms with E-state index < -0.39 is 62.2 Å². The van der Waals surface area contributed by atoms with E-state index in [0.29, 0.717) is 38.9 Å². The second kappa shape index (κ2) is 19.3. The van der Waals surface area contributed by atoms with Gasteiger partial charge in [0.05, 0.1) is 61.5 Å². The van der Waals surface area contributed by atoms with Gasteiger partial charge < -0.3 is 31.1 Å². The number of imidazole rings is 1. The fourth-order valence-electron chi connectivity index (χ4n) is 6.71. The van der Waals surface area contributed by atoms with Crippen molar-refractivity contribution in [2.24, 2.45) is 30.7 Å². The molecule has 8 N–H and O–H groups in total. The van der Waals surface area contributed by atoms with E-state index in [1.54, 1.807) is 31.2 Å². The van der Waals surface area contributed by atoms with Gasteiger partial charge >= 0.3 is 18.0 Å². The summed E-state index contributed by atoms with van der Waals surface area (Å²) < 4.78 is 42.5. The van der Waals surface area contributed by atoms with E-state index in [1.807, 2.05) is 0 Å². The topological polar surface area (TPSA) is 377 Å². The molecule has 0 aliphatic carbocycles. The van der Waals surface area contributed by atoms with Gasteiger partial charge in [-0.25, -0.2) is 24.8 Å². The fourth-order valence-corrected chi connectivity index (χ4v) is 8.65. The molecule has 0 bridgehead atoms. The molecule has 0 fully saturated rings. The van der Waals surface area contributed by atoms with Crippen LogP contribution in [0.5, 0.6) is 11.6 Å². The lowest BCUT2D eigenvalue weighted by atomic mass is 10.1. The van der Waals surface area contributed by atoms with Gasteiger partial charge in [-0.15, -0.1) is 29.9 Å². The molecule has 69 heavy (non-hydrogen) atoms. The molecule has 8 rings (SSSR count). The molecule has 348 valence electrons. The number of aromatic nitrogens is 3. The van der Waals surface area contributed by atoms with Crippen molar-refractivity contribution in [3.05, 3.63) is 95.6 Å². The molecule has 28 heteroatoms. The molecule has 3 aromatic heterocycles. The van der Waals surface area contributed by atoms with Crippen LogP contribution in [0.4, 0.5) is 44.1 Å². The number of azo groups is 3. The normalized spacial score (nSPS) is 12.0. The van der Waals surface area contributed by atoms with Gasteiger partial charge in [-0.1, -0.05) is 28.5 Å². The molecule has 0 unspecified atom stereocenters. The van der Waals surface area contributed by atoms with Crippen LogP contribution < -0.4 is 10.6 Å². The van der Waals surface area contributed by atoms with Crippen molar-refractivity contribution < 1.29 is 62.4 Å². The van der Waals surface area contributed by atoms with E-state index >= 15 is 0 Å². The molecule has 0 radical (unpaired) electrons. The number of fused-ring (bicyclic) bond motifs is 5. The van der Waals surface area contributed by atoms with E-state index in [9.17, 15) is 47.9 Å². The molecule has 0 aliphatic heterocycles. The molecule has 0 saturated heterocycles. The number of rotatable bonds is 15. The van der Waals surface area contributed by atoms with Gasteiger partial charge in [-0.05, 0) is 79.0 Å². The van der Waals surface area contributed by atoms with Crippen molar-refractivity contribution in [1.82, 2.24) is 19.7 Å². The van der Waals surface area contributed by atoms with Crippen molar-refractivity contribution in [3.8, 4) is 17.7 Å². The first-order chi connectivity index (χ1) is 33.0. The third-order valence-corrected chi connectivity index (χ3v) is 12.3. The number of hydrogen-bond donors (Lipinski definition) is 8. The van der Waals surface area contributed by atoms with E-state index in [-0.39, 0.29) is 67.1 Å². The van der Waals surface area contributed by atoms with E-state index in [1.165, 1.54) is 46.9 Å². The van der Waals surface area contributed by atoms with Crippen molar-refractivity contribution >= 4 is 128 Å². The summed E-state index contributed by atoms with van der Waals surface area (Å²) in [5, 5.41) is 93.7. The van der Waals surface area contributed by atoms with Crippen LogP contribution in [0.15, 0.2) is 119 Å². The maximum absolute atomic E-state index is 12.9. The lowest BCUT2D eigenvalue weighted by Gasteiger charge is -2.12. The van der Waals surface area contributed by atoms with Crippen LogP contribution in [0, 0.1) is 18.3 Å². The number of thiazole rings is 1. The zero-order chi connectivity index (χ0) is 49.1. The molecule has 0 saturated carbocycles. The predicted octanol–water partition coefficient (Wildman–Crippen LogP) is 10.1. The average Bonchev–Trinajstić information content (AvgIpc) is 3.91. The number of aromatic carboxylic acids is 1. The zero-order valence-corrected chi connectivity index (χ0v) is 37.1. The Kier molecular flexibility index (Phi) is 13.2. The number of pyridine rings is 1. The zero-order valence-electron chi connectivity index (χ0n) is 34.7. The molecular formula is C41H28N12O13S3. The van der Waals surface area contributed by atoms with Gasteiger partial charge in [-0.3, -0.25) is 13.7 Å². The van der Waals surface area contributed by atoms with Gasteiger partial charge in [0.1, 0.15) is 33.6 Å². The number of phenolic OH excluding ortho intramolecular Hbond substituents is 1. The fraction of sp³-hybridized carbons (Fsp3) is 0.0732. The molecule has 3 heterocycles. The highest BCUT2D eigenvalue weighted by molar-refractivity contribution is 7.94. The smallest absolute Gasteiger partial charge is 0.335 e. The molecular weight excluding hydrogens is 965 g/mol. The molecule has 0 spiro atoms. The van der Waals surface area contributed by atoms with Gasteiger partial charge in [0.25, 0.3) is 10.1 Å². The second-order valence-corrected chi connectivity index (χ2v) is 17.3. The number of nitriles is 1. The van der Waals surface area contributed by atoms with Crippen LogP contribution >= 0.6 is 23.4 Å². The van der Waals surface area contributed by atoms with Crippen molar-refractivity contribution in [3.63, 3.8) is 0 Å². The Hall–Kier alpha value is -8.56. The largest absolute Gasteiger partial charge is 0.505 e. The lowest BCUT2D eigenvalue weighted by Crippen LogP contribution is -2.30. The quantitative estimate of drug-likeness (QED) is 0.0156. The first-order valence-corrected chi connectivity index (χ1v) is 22.3. The molecule has 8 aromatic rings. The number of carboxylic acids is 2. The van der Waals surface area contributed by atoms with Crippen LogP contribution in [0.25, 0.3) is 37.7 Å². The molecule has 5 aromatic carbocycles. The van der Waals surface area contributed by atoms with E-state index in [2.05, 4.69) is 66.7 Å². The standard InChI is InChI=1S/C41H28N12O13S3/c1-18-23(17-42)37-44-24-4-2-3-5-29(24)53(37)38(57)34(18)50-47-21-7-8-22-20(12-21)14-31(68-66-65-61)35(36(22)56)51-49-28-15-26(45-40(60)43-11-10-33(54)55)27(16-32(28)69(62,63)64)48-52-41-46-25-9-6-19(39(58)59)13-30(25)67-41/h2-9,12-16,56-57,61H,10-11H2,1H3,(H,54,55)(H,58,59)(H2,43,45,60)(H,62,63,64). The minimum Gasteiger partial charge on any atom is -0.505 e. The Labute approximate surface area is 393 Å². The maximum atomic E-state index is 12.9. The van der Waals surface area contributed by atoms with Crippen LogP contribution in [-0.4, -0.2) is 77.5 Å². The summed E-state index contributed by atoms with van der Waals surface area (Å²) in [5.41, 5.74) is 0.542. The summed E-state index contributed by atoms with van der Waals surface area (Å²) in [5.74, 6) is -3.30. The van der Waals surface area contributed by atoms with E-state index in [4.69, 9.17) is 10.4 Å². The molecule has 25 nitrogen and oxygen atoms in total. The summed E-state index contributed by atoms with van der Waals surface area (Å²) in [6.45, 7) is 1.26. The second-order valence-electron chi connectivity index (χ2n) is 14.2. The Morgan fingerprint density at radius 2 is 1.67 bits per heavy atom. The summed E-state index contributed by atoms with van der Waals surface area (Å²) in [6, 6.07) is 19.6. The summed E-state index contributed by atoms with van der Waals surface area (Å²) >= 11 is 1.26. The van der Waals surface area contributed by atoms with E-state index in [0.717, 1.165) is 23.5 Å². The minimum atomic E-state index is -5.19. The number of benzene rings is 5. The maximum Gasteiger partial charge on any atom is 0.335 e. The number of amides is 2. The van der Waals surface area contributed by atoms with Gasteiger partial charge in [0.15, 0.2) is 17.1 Å². The van der Waals surface area contributed by atoms with Crippen LogP contribution in [-0.2, 0) is 24.3 Å². The number of carbonyl (C=O) groups excluding carboxylic acids is 1. The van der Waals surface area contributed by atoms with Crippen molar-refractivity contribution in [2.75, 3.05) is 11.9 Å². The number of hydrogen-bond acceptors (Lipinski definition) is 21. The molecule has 2 amide bonds. The molecule has 0 atom stereocenters. The number of aliphatic carboxylic acids is 1. The van der Waals surface area contributed by atoms with Crippen molar-refractivity contribution in [2.45, 2.75) is 23.1 Å². The Balaban J connectivity index is 1.18. The third-order valence-electron chi connectivity index (χ3n) is 9.86. The van der Waals surface area contributed by atoms with Gasteiger partial charge in [0.2, 0.25) is 11.0 Å². The number of nitrogens with one attached hydrogen (secondary N) is 2. The number of carboxylic acid groups (broad SMARTS) is 2. The molecule has 0 aliphatic rings. The first-order valence-electron chi connectivity index (χ1n) is 19.3. The lowest BCUT2D eigenvalue weighted by molar-refractivity contribution is -0.432. The summed E-state index contributed by atoms with van der Waals surface area (Å²) in [6.07, 6.45) is -0.454. The first kappa shape index (κ1) is 47.0. The SMILES string of the molecule is Cc1c(N=Nc2ccc3c(O)c(N=Nc4cc(NC(=O)NCCC(=O)O)c(N=Nc5nc6ccc(C(=O)O)cc6s5)cc4S(=O)(=O)O)c(SOOO)cc3c2)c(O)n2c(nc3ccccc32)c1C#N. The summed E-state index contributed by atoms with van der Waals surface area (Å²) in [4.78, 5) is 43.1. The summed E-state index contributed by atoms with van der Waals surface area (Å²) in [7, 11) is -5.19. The Bertz CT molecular complexity index is 3700. The monoisotopic (exact) mass is 992 g/mol. The van der Waals surface area contributed by atoms with Gasteiger partial charge in [-0.2, -0.15) is 18.8 Å². The van der Waals surface area contributed by atoms with Crippen LogP contribution in [0.3, 0.4) is 0 Å². The minimum absolute atomic E-state index is 0.0194. The average molecular weight is 993 g/mol. The third kappa shape index (κ3) is 9.80. The number of anilines is 1. The number of urea groups is 1. The number of phenols is 1. The highest BCUT2D eigenvalue weighted by Crippen LogP contribution is 2.46. The van der Waals surface area contributed by atoms with Gasteiger partial charge in [0, 0.05) is 17.5 Å². The predicted molar refractivity (Wildman–Crippen MR) is 245 cm³/mol. The van der Waals surface area contributed by atoms with Crippen LogP contribution in [0.2, 0.25) is 0 Å². The Morgan fingerprint density at radius 3 is 2.41 bits per heavy atom. The number of para-hydroxylation sites is 2. The highest BCUT2D eigenvalue weighted by Gasteiger charge is 2.24. The number of nitrogens with zero attached hydrogens (tertiary/aromatic N) is 10. The highest BCUT2D eigenvalue weighted by atomic mass is 32.2. The number of carbonyl (C=O) groups is 3. The number of aromatic hydroxyl groups is 2.